The maximum absolute atomic E-state index is 9.75. The van der Waals surface area contributed by atoms with Crippen LogP contribution in [0.15, 0.2) is 59.7 Å². The van der Waals surface area contributed by atoms with Gasteiger partial charge in [0.15, 0.2) is 6.04 Å². The molecule has 3 rings (SSSR count). The van der Waals surface area contributed by atoms with Gasteiger partial charge < -0.3 is 0 Å². The molecule has 2 aromatic carbocycles. The number of aryl methyl sites for hydroxylation is 1. The predicted octanol–water partition coefficient (Wildman–Crippen LogP) is 4.38. The third kappa shape index (κ3) is 2.60. The van der Waals surface area contributed by atoms with Gasteiger partial charge in [-0.15, -0.1) is 0 Å². The largest absolute Gasteiger partial charge is 0.267 e. The van der Waals surface area contributed by atoms with E-state index in [2.05, 4.69) is 23.3 Å². The van der Waals surface area contributed by atoms with E-state index in [1.54, 1.807) is 0 Å². The van der Waals surface area contributed by atoms with E-state index in [1.807, 2.05) is 61.3 Å². The molecule has 2 atom stereocenters. The van der Waals surface area contributed by atoms with E-state index < -0.39 is 0 Å². The Morgan fingerprint density at radius 3 is 2.45 bits per heavy atom. The van der Waals surface area contributed by atoms with Crippen LogP contribution in [0.4, 0.5) is 0 Å². The highest BCUT2D eigenvalue weighted by atomic mass is 15.5. The number of benzene rings is 2. The average molecular weight is 289 g/mol. The fourth-order valence-electron chi connectivity index (χ4n) is 3.03. The van der Waals surface area contributed by atoms with Gasteiger partial charge in [-0.3, -0.25) is 5.01 Å². The third-order valence-corrected chi connectivity index (χ3v) is 4.15. The molecule has 0 aromatic heterocycles. The molecule has 22 heavy (non-hydrogen) atoms. The van der Waals surface area contributed by atoms with Gasteiger partial charge in [0.25, 0.3) is 0 Å². The lowest BCUT2D eigenvalue weighted by molar-refractivity contribution is 0.196. The Hall–Kier alpha value is -2.60. The van der Waals surface area contributed by atoms with Gasteiger partial charge in [0, 0.05) is 12.1 Å². The van der Waals surface area contributed by atoms with Crippen LogP contribution in [0.5, 0.6) is 0 Å². The Kier molecular flexibility index (Phi) is 3.93. The van der Waals surface area contributed by atoms with Crippen molar-refractivity contribution >= 4 is 5.71 Å². The molecule has 1 heterocycles. The number of rotatable bonds is 3. The van der Waals surface area contributed by atoms with E-state index >= 15 is 0 Å². The minimum absolute atomic E-state index is 0.130. The summed E-state index contributed by atoms with van der Waals surface area (Å²) in [4.78, 5) is 0. The van der Waals surface area contributed by atoms with Crippen LogP contribution in [0.3, 0.4) is 0 Å². The van der Waals surface area contributed by atoms with E-state index in [1.165, 1.54) is 5.56 Å². The van der Waals surface area contributed by atoms with Crippen molar-refractivity contribution in [1.82, 2.24) is 5.01 Å². The quantitative estimate of drug-likeness (QED) is 0.841. The zero-order chi connectivity index (χ0) is 15.5. The number of hydrogen-bond donors (Lipinski definition) is 0. The molecular formula is C19H19N3. The molecule has 0 spiro atoms. The fourth-order valence-corrected chi connectivity index (χ4v) is 3.03. The van der Waals surface area contributed by atoms with Gasteiger partial charge in [0.1, 0.15) is 0 Å². The standard InChI is InChI=1S/C19H19N3/c1-14-8-6-7-11-17(14)19(13-20)22-18(12-15(2)21-22)16-9-4-3-5-10-16/h3-11,18-19H,12H2,1-2H3/t18-,19-/m0/s1. The van der Waals surface area contributed by atoms with E-state index in [4.69, 9.17) is 0 Å². The maximum atomic E-state index is 9.75. The molecule has 0 bridgehead atoms. The summed E-state index contributed by atoms with van der Waals surface area (Å²) >= 11 is 0. The number of nitriles is 1. The highest BCUT2D eigenvalue weighted by molar-refractivity contribution is 5.84. The predicted molar refractivity (Wildman–Crippen MR) is 88.3 cm³/mol. The van der Waals surface area contributed by atoms with Crippen molar-refractivity contribution < 1.29 is 0 Å². The van der Waals surface area contributed by atoms with Crippen molar-refractivity contribution in [3.8, 4) is 6.07 Å². The summed E-state index contributed by atoms with van der Waals surface area (Å²) in [5.41, 5.74) is 4.43. The summed E-state index contributed by atoms with van der Waals surface area (Å²) in [5, 5.41) is 16.4. The second-order valence-corrected chi connectivity index (χ2v) is 5.73. The molecule has 0 fully saturated rings. The minimum atomic E-state index is -0.358. The SMILES string of the molecule is CC1=NN([C@@H](C#N)c2ccccc2C)[C@H](c2ccccc2)C1. The van der Waals surface area contributed by atoms with Crippen molar-refractivity contribution in [2.24, 2.45) is 5.10 Å². The lowest BCUT2D eigenvalue weighted by Crippen LogP contribution is -2.24. The fraction of sp³-hybridized carbons (Fsp3) is 0.263. The molecule has 0 N–H and O–H groups in total. The second kappa shape index (κ2) is 6.03. The number of hydrogen-bond acceptors (Lipinski definition) is 3. The molecule has 0 aliphatic carbocycles. The number of nitrogens with zero attached hydrogens (tertiary/aromatic N) is 3. The first kappa shape index (κ1) is 14.3. The van der Waals surface area contributed by atoms with E-state index in [9.17, 15) is 5.26 Å². The summed E-state index contributed by atoms with van der Waals surface area (Å²) in [6, 6.07) is 20.6. The summed E-state index contributed by atoms with van der Waals surface area (Å²) in [7, 11) is 0. The highest BCUT2D eigenvalue weighted by Gasteiger charge is 2.33. The summed E-state index contributed by atoms with van der Waals surface area (Å²) in [6.07, 6.45) is 0.869. The molecule has 1 aliphatic heterocycles. The molecule has 2 aromatic rings. The van der Waals surface area contributed by atoms with Crippen LogP contribution < -0.4 is 0 Å². The summed E-state index contributed by atoms with van der Waals surface area (Å²) < 4.78 is 0. The Morgan fingerprint density at radius 1 is 1.09 bits per heavy atom. The molecular weight excluding hydrogens is 270 g/mol. The first-order chi connectivity index (χ1) is 10.7. The van der Waals surface area contributed by atoms with Gasteiger partial charge in [-0.2, -0.15) is 10.4 Å². The van der Waals surface area contributed by atoms with Crippen molar-refractivity contribution in [2.45, 2.75) is 32.4 Å². The van der Waals surface area contributed by atoms with Crippen LogP contribution in [0.1, 0.15) is 42.1 Å². The van der Waals surface area contributed by atoms with E-state index in [0.29, 0.717) is 0 Å². The van der Waals surface area contributed by atoms with E-state index in [0.717, 1.165) is 23.3 Å². The highest BCUT2D eigenvalue weighted by Crippen LogP contribution is 2.38. The first-order valence-corrected chi connectivity index (χ1v) is 7.53. The van der Waals surface area contributed by atoms with Gasteiger partial charge in [-0.1, -0.05) is 54.6 Å². The topological polar surface area (TPSA) is 39.4 Å². The Balaban J connectivity index is 2.00. The minimum Gasteiger partial charge on any atom is -0.267 e. The molecule has 0 unspecified atom stereocenters. The third-order valence-electron chi connectivity index (χ3n) is 4.15. The molecule has 3 nitrogen and oxygen atoms in total. The van der Waals surface area contributed by atoms with Crippen molar-refractivity contribution in [3.05, 3.63) is 71.3 Å². The lowest BCUT2D eigenvalue weighted by Gasteiger charge is -2.29. The van der Waals surface area contributed by atoms with Crippen LogP contribution in [0, 0.1) is 18.3 Å². The van der Waals surface area contributed by atoms with E-state index in [-0.39, 0.29) is 12.1 Å². The van der Waals surface area contributed by atoms with Crippen LogP contribution in [-0.2, 0) is 0 Å². The molecule has 3 heteroatoms. The van der Waals surface area contributed by atoms with Crippen molar-refractivity contribution in [2.75, 3.05) is 0 Å². The van der Waals surface area contributed by atoms with Crippen LogP contribution in [0.2, 0.25) is 0 Å². The zero-order valence-electron chi connectivity index (χ0n) is 12.9. The molecule has 110 valence electrons. The summed E-state index contributed by atoms with van der Waals surface area (Å²) in [6.45, 7) is 4.08. The second-order valence-electron chi connectivity index (χ2n) is 5.73. The molecule has 0 saturated heterocycles. The van der Waals surface area contributed by atoms with Crippen LogP contribution in [-0.4, -0.2) is 10.7 Å². The van der Waals surface area contributed by atoms with Crippen molar-refractivity contribution in [1.29, 1.82) is 5.26 Å². The van der Waals surface area contributed by atoms with Gasteiger partial charge in [0.2, 0.25) is 0 Å². The van der Waals surface area contributed by atoms with Crippen LogP contribution in [0.25, 0.3) is 0 Å². The monoisotopic (exact) mass is 289 g/mol. The zero-order valence-corrected chi connectivity index (χ0v) is 12.9. The lowest BCUT2D eigenvalue weighted by atomic mass is 9.97. The van der Waals surface area contributed by atoms with Crippen LogP contribution >= 0.6 is 0 Å². The Morgan fingerprint density at radius 2 is 1.77 bits per heavy atom. The van der Waals surface area contributed by atoms with Crippen molar-refractivity contribution in [3.63, 3.8) is 0 Å². The smallest absolute Gasteiger partial charge is 0.159 e. The van der Waals surface area contributed by atoms with Gasteiger partial charge in [-0.05, 0) is 30.5 Å². The summed E-state index contributed by atoms with van der Waals surface area (Å²) in [5.74, 6) is 0. The van der Waals surface area contributed by atoms with Gasteiger partial charge in [0.05, 0.1) is 12.1 Å². The molecule has 0 saturated carbocycles. The average Bonchev–Trinajstić information content (AvgIpc) is 2.92. The van der Waals surface area contributed by atoms with Gasteiger partial charge >= 0.3 is 0 Å². The molecule has 1 aliphatic rings. The maximum Gasteiger partial charge on any atom is 0.159 e. The Labute approximate surface area is 131 Å². The number of hydrazone groups is 1. The molecule has 0 radical (unpaired) electrons. The normalized spacial score (nSPS) is 18.7. The van der Waals surface area contributed by atoms with Gasteiger partial charge in [-0.25, -0.2) is 0 Å². The Bertz CT molecular complexity index is 728. The first-order valence-electron chi connectivity index (χ1n) is 7.53. The molecule has 0 amide bonds.